The van der Waals surface area contributed by atoms with E-state index in [9.17, 15) is 5.11 Å². The number of ether oxygens (including phenoxy) is 1. The Kier molecular flexibility index (Phi) is 4.51. The molecule has 0 spiro atoms. The molecule has 0 saturated carbocycles. The first kappa shape index (κ1) is 15.1. The van der Waals surface area contributed by atoms with Crippen LogP contribution >= 0.6 is 15.9 Å². The topological polar surface area (TPSA) is 29.5 Å². The SMILES string of the molecule is COc1c(C)cc(Br)c(C)c1C(O)c1ccc(C)cc1. The van der Waals surface area contributed by atoms with Crippen LogP contribution in [0.2, 0.25) is 0 Å². The first-order chi connectivity index (χ1) is 9.45. The Morgan fingerprint density at radius 2 is 1.70 bits per heavy atom. The van der Waals surface area contributed by atoms with Gasteiger partial charge in [0.25, 0.3) is 0 Å². The molecule has 2 rings (SSSR count). The summed E-state index contributed by atoms with van der Waals surface area (Å²) in [5.74, 6) is 0.749. The molecule has 1 N–H and O–H groups in total. The summed E-state index contributed by atoms with van der Waals surface area (Å²) in [6.07, 6.45) is -0.693. The minimum absolute atomic E-state index is 0.693. The van der Waals surface area contributed by atoms with Crippen molar-refractivity contribution >= 4 is 15.9 Å². The predicted molar refractivity (Wildman–Crippen MR) is 85.4 cm³/mol. The van der Waals surface area contributed by atoms with Gasteiger partial charge in [0.1, 0.15) is 11.9 Å². The molecule has 0 fully saturated rings. The van der Waals surface area contributed by atoms with Crippen LogP contribution in [0.5, 0.6) is 5.75 Å². The van der Waals surface area contributed by atoms with Crippen LogP contribution in [0.15, 0.2) is 34.8 Å². The molecule has 1 atom stereocenters. The lowest BCUT2D eigenvalue weighted by atomic mass is 9.94. The second-order valence-electron chi connectivity index (χ2n) is 5.06. The number of aliphatic hydroxyl groups excluding tert-OH is 1. The van der Waals surface area contributed by atoms with E-state index in [-0.39, 0.29) is 0 Å². The van der Waals surface area contributed by atoms with Gasteiger partial charge in [0, 0.05) is 10.0 Å². The average molecular weight is 335 g/mol. The Morgan fingerprint density at radius 3 is 2.25 bits per heavy atom. The Bertz CT molecular complexity index is 618. The first-order valence-electron chi connectivity index (χ1n) is 6.54. The predicted octanol–water partition coefficient (Wildman–Crippen LogP) is 4.46. The summed E-state index contributed by atoms with van der Waals surface area (Å²) in [6, 6.07) is 9.93. The number of aliphatic hydroxyl groups is 1. The van der Waals surface area contributed by atoms with Crippen LogP contribution in [-0.2, 0) is 0 Å². The molecule has 2 nitrogen and oxygen atoms in total. The summed E-state index contributed by atoms with van der Waals surface area (Å²) in [5.41, 5.74) is 4.87. The first-order valence-corrected chi connectivity index (χ1v) is 7.33. The number of aryl methyl sites for hydroxylation is 2. The van der Waals surface area contributed by atoms with Gasteiger partial charge in [-0.2, -0.15) is 0 Å². The molecule has 0 aliphatic heterocycles. The van der Waals surface area contributed by atoms with E-state index in [1.807, 2.05) is 51.1 Å². The Labute approximate surface area is 128 Å². The minimum Gasteiger partial charge on any atom is -0.496 e. The van der Waals surface area contributed by atoms with Crippen molar-refractivity contribution < 1.29 is 9.84 Å². The van der Waals surface area contributed by atoms with Crippen molar-refractivity contribution in [2.75, 3.05) is 7.11 Å². The molecule has 20 heavy (non-hydrogen) atoms. The zero-order valence-corrected chi connectivity index (χ0v) is 13.8. The normalized spacial score (nSPS) is 12.3. The third-order valence-corrected chi connectivity index (χ3v) is 4.40. The van der Waals surface area contributed by atoms with Crippen LogP contribution in [0.3, 0.4) is 0 Å². The fourth-order valence-electron chi connectivity index (χ4n) is 2.39. The molecule has 0 saturated heterocycles. The van der Waals surface area contributed by atoms with E-state index in [4.69, 9.17) is 4.74 Å². The van der Waals surface area contributed by atoms with E-state index < -0.39 is 6.10 Å². The molecular weight excluding hydrogens is 316 g/mol. The molecule has 0 aromatic heterocycles. The number of hydrogen-bond donors (Lipinski definition) is 1. The lowest BCUT2D eigenvalue weighted by Crippen LogP contribution is -2.07. The van der Waals surface area contributed by atoms with E-state index in [1.165, 1.54) is 5.56 Å². The zero-order valence-electron chi connectivity index (χ0n) is 12.2. The molecule has 3 heteroatoms. The van der Waals surface area contributed by atoms with Crippen molar-refractivity contribution in [2.45, 2.75) is 26.9 Å². The van der Waals surface area contributed by atoms with Crippen molar-refractivity contribution in [1.29, 1.82) is 0 Å². The van der Waals surface area contributed by atoms with E-state index in [1.54, 1.807) is 7.11 Å². The Hall–Kier alpha value is -1.32. The standard InChI is InChI=1S/C17H19BrO2/c1-10-5-7-13(8-6-10)16(19)15-12(3)14(18)9-11(2)17(15)20-4/h5-9,16,19H,1-4H3. The fraction of sp³-hybridized carbons (Fsp3) is 0.294. The number of methoxy groups -OCH3 is 1. The maximum absolute atomic E-state index is 10.7. The quantitative estimate of drug-likeness (QED) is 0.897. The average Bonchev–Trinajstić information content (AvgIpc) is 2.42. The zero-order chi connectivity index (χ0) is 14.9. The van der Waals surface area contributed by atoms with Crippen LogP contribution in [-0.4, -0.2) is 12.2 Å². The molecule has 1 unspecified atom stereocenters. The maximum Gasteiger partial charge on any atom is 0.128 e. The second-order valence-corrected chi connectivity index (χ2v) is 5.91. The molecule has 106 valence electrons. The minimum atomic E-state index is -0.693. The van der Waals surface area contributed by atoms with Crippen molar-refractivity contribution in [3.63, 3.8) is 0 Å². The summed E-state index contributed by atoms with van der Waals surface area (Å²) in [4.78, 5) is 0. The van der Waals surface area contributed by atoms with Gasteiger partial charge < -0.3 is 9.84 Å². The summed E-state index contributed by atoms with van der Waals surface area (Å²) in [5, 5.41) is 10.7. The second kappa shape index (κ2) is 5.98. The number of hydrogen-bond acceptors (Lipinski definition) is 2. The van der Waals surface area contributed by atoms with Gasteiger partial charge in [-0.15, -0.1) is 0 Å². The lowest BCUT2D eigenvalue weighted by Gasteiger charge is -2.21. The molecule has 0 radical (unpaired) electrons. The van der Waals surface area contributed by atoms with Crippen LogP contribution in [0, 0.1) is 20.8 Å². The highest BCUT2D eigenvalue weighted by Gasteiger charge is 2.21. The molecular formula is C17H19BrO2. The van der Waals surface area contributed by atoms with Crippen LogP contribution in [0.4, 0.5) is 0 Å². The lowest BCUT2D eigenvalue weighted by molar-refractivity contribution is 0.213. The van der Waals surface area contributed by atoms with Crippen molar-refractivity contribution in [2.24, 2.45) is 0 Å². The van der Waals surface area contributed by atoms with Gasteiger partial charge in [0.2, 0.25) is 0 Å². The van der Waals surface area contributed by atoms with E-state index in [2.05, 4.69) is 15.9 Å². The summed E-state index contributed by atoms with van der Waals surface area (Å²) < 4.78 is 6.48. The van der Waals surface area contributed by atoms with Gasteiger partial charge in [0.15, 0.2) is 0 Å². The molecule has 0 bridgehead atoms. The smallest absolute Gasteiger partial charge is 0.128 e. The van der Waals surface area contributed by atoms with Crippen LogP contribution in [0.1, 0.15) is 33.9 Å². The summed E-state index contributed by atoms with van der Waals surface area (Å²) in [7, 11) is 1.64. The van der Waals surface area contributed by atoms with Gasteiger partial charge in [-0.05, 0) is 43.5 Å². The van der Waals surface area contributed by atoms with Gasteiger partial charge in [-0.1, -0.05) is 45.8 Å². The van der Waals surface area contributed by atoms with E-state index in [0.717, 1.165) is 32.5 Å². The highest BCUT2D eigenvalue weighted by Crippen LogP contribution is 2.38. The maximum atomic E-state index is 10.7. The molecule has 2 aromatic carbocycles. The van der Waals surface area contributed by atoms with E-state index >= 15 is 0 Å². The van der Waals surface area contributed by atoms with Gasteiger partial charge in [0.05, 0.1) is 7.11 Å². The van der Waals surface area contributed by atoms with Crippen LogP contribution in [0.25, 0.3) is 0 Å². The van der Waals surface area contributed by atoms with E-state index in [0.29, 0.717) is 0 Å². The van der Waals surface area contributed by atoms with Gasteiger partial charge in [-0.3, -0.25) is 0 Å². The van der Waals surface area contributed by atoms with Crippen molar-refractivity contribution in [3.8, 4) is 5.75 Å². The number of halogens is 1. The monoisotopic (exact) mass is 334 g/mol. The van der Waals surface area contributed by atoms with Crippen molar-refractivity contribution in [1.82, 2.24) is 0 Å². The Balaban J connectivity index is 2.58. The third kappa shape index (κ3) is 2.74. The molecule has 0 aliphatic carbocycles. The number of benzene rings is 2. The van der Waals surface area contributed by atoms with Crippen LogP contribution < -0.4 is 4.74 Å². The largest absolute Gasteiger partial charge is 0.496 e. The highest BCUT2D eigenvalue weighted by molar-refractivity contribution is 9.10. The molecule has 2 aromatic rings. The van der Waals surface area contributed by atoms with Gasteiger partial charge >= 0.3 is 0 Å². The van der Waals surface area contributed by atoms with Crippen molar-refractivity contribution in [3.05, 3.63) is 62.6 Å². The molecule has 0 heterocycles. The molecule has 0 amide bonds. The highest BCUT2D eigenvalue weighted by atomic mass is 79.9. The van der Waals surface area contributed by atoms with Gasteiger partial charge in [-0.25, -0.2) is 0 Å². The summed E-state index contributed by atoms with van der Waals surface area (Å²) in [6.45, 7) is 6.00. The molecule has 0 aliphatic rings. The Morgan fingerprint density at radius 1 is 1.10 bits per heavy atom. The summed E-state index contributed by atoms with van der Waals surface area (Å²) >= 11 is 3.55. The number of rotatable bonds is 3. The fourth-order valence-corrected chi connectivity index (χ4v) is 2.95. The third-order valence-electron chi connectivity index (χ3n) is 3.58.